The average molecular weight is 857 g/mol. The van der Waals surface area contributed by atoms with Crippen LogP contribution in [0.5, 0.6) is 0 Å². The molecule has 17 nitrogen and oxygen atoms in total. The number of aliphatic hydroxyl groups is 2. The van der Waals surface area contributed by atoms with E-state index in [4.69, 9.17) is 11.5 Å². The first-order chi connectivity index (χ1) is 26.1. The van der Waals surface area contributed by atoms with Gasteiger partial charge in [0.05, 0.1) is 43.2 Å². The Morgan fingerprint density at radius 1 is 0.649 bits per heavy atom. The number of carbonyl (C=O) groups excluding carboxylic acids is 4. The van der Waals surface area contributed by atoms with Crippen molar-refractivity contribution in [3.63, 3.8) is 0 Å². The zero-order valence-corrected chi connectivity index (χ0v) is 37.1. The quantitative estimate of drug-likeness (QED) is 0.0692. The van der Waals surface area contributed by atoms with Crippen molar-refractivity contribution in [2.75, 3.05) is 44.3 Å². The first kappa shape index (κ1) is 55.1. The zero-order chi connectivity index (χ0) is 42.6. The molecule has 2 aliphatic rings. The molecule has 0 saturated heterocycles. The van der Waals surface area contributed by atoms with E-state index in [1.807, 2.05) is 27.7 Å². The third kappa shape index (κ3) is 23.4. The minimum atomic E-state index is -3.46. The number of carbonyl (C=O) groups is 4. The highest BCUT2D eigenvalue weighted by Crippen LogP contribution is 2.46. The van der Waals surface area contributed by atoms with E-state index in [0.29, 0.717) is 6.42 Å². The molecule has 0 aromatic heterocycles. The van der Waals surface area contributed by atoms with Crippen LogP contribution in [0.4, 0.5) is 0 Å². The molecule has 19 heteroatoms. The third-order valence-corrected chi connectivity index (χ3v) is 15.0. The topological polar surface area (TPSA) is 315 Å². The standard InChI is InChI=1S/C21H42N3O5P.C17H34N3O5P.H2O/c1-5-15(4)19(24-20(26)18(22)14(2)3)21(27)23-11-17(25)13-30(28,29)12-16-9-7-6-8-10-16;1-12(2)16(18)17(23)20-9-15(22)19-8-14(21)11-26(24,25)10-13-6-4-3-5-7-13;/h14-19,25H,5-13,22H2,1-4H3,(H,23,27)(H,24,26)(H,28,29);12-14,16,21H,3-11,18H2,1-2H3,(H,19,22)(H,20,23)(H,24,25);1H2. The lowest BCUT2D eigenvalue weighted by Crippen LogP contribution is -2.55. The largest absolute Gasteiger partial charge is 0.412 e. The van der Waals surface area contributed by atoms with Crippen LogP contribution in [0, 0.1) is 29.6 Å². The maximum Gasteiger partial charge on any atom is 0.242 e. The van der Waals surface area contributed by atoms with Gasteiger partial charge in [0.15, 0.2) is 0 Å². The van der Waals surface area contributed by atoms with Gasteiger partial charge < -0.3 is 58.2 Å². The Labute approximate surface area is 340 Å². The normalized spacial score (nSPS) is 20.5. The maximum absolute atomic E-state index is 12.6. The van der Waals surface area contributed by atoms with E-state index in [1.54, 1.807) is 13.8 Å². The van der Waals surface area contributed by atoms with Crippen molar-refractivity contribution in [1.82, 2.24) is 21.3 Å². The van der Waals surface area contributed by atoms with Crippen LogP contribution in [-0.2, 0) is 28.3 Å². The number of nitrogens with one attached hydrogen (secondary N) is 4. The molecule has 0 bridgehead atoms. The van der Waals surface area contributed by atoms with Gasteiger partial charge in [0, 0.05) is 25.4 Å². The molecule has 4 amide bonds. The Morgan fingerprint density at radius 3 is 1.46 bits per heavy atom. The molecule has 0 aliphatic heterocycles. The number of nitrogens with two attached hydrogens (primary N) is 2. The minimum Gasteiger partial charge on any atom is -0.412 e. The summed E-state index contributed by atoms with van der Waals surface area (Å²) in [6.07, 6.45) is 9.06. The maximum atomic E-state index is 12.6. The highest BCUT2D eigenvalue weighted by molar-refractivity contribution is 7.58. The van der Waals surface area contributed by atoms with Gasteiger partial charge in [0.25, 0.3) is 0 Å². The average Bonchev–Trinajstić information content (AvgIpc) is 3.13. The molecule has 0 heterocycles. The molecule has 2 aliphatic carbocycles. The Kier molecular flexibility index (Phi) is 26.8. The Balaban J connectivity index is 0.00000109. The molecule has 2 rings (SSSR count). The molecule has 0 spiro atoms. The summed E-state index contributed by atoms with van der Waals surface area (Å²) in [6.45, 7) is 10.6. The van der Waals surface area contributed by atoms with Gasteiger partial charge in [-0.05, 0) is 55.3 Å². The lowest BCUT2D eigenvalue weighted by molar-refractivity contribution is -0.131. The SMILES string of the molecule is CC(C)C(N)C(=O)NCC(=O)NCC(O)CP(=O)(O)CC1CCCCC1.CCC(C)C(NC(=O)C(N)C(C)C)C(=O)NCC(O)CP(=O)(O)CC1CCCCC1.O. The van der Waals surface area contributed by atoms with Crippen LogP contribution in [0.25, 0.3) is 0 Å². The van der Waals surface area contributed by atoms with Crippen molar-refractivity contribution in [3.8, 4) is 0 Å². The fourth-order valence-corrected chi connectivity index (χ4v) is 11.2. The molecule has 336 valence electrons. The fraction of sp³-hybridized carbons (Fsp3) is 0.895. The number of aliphatic hydroxyl groups excluding tert-OH is 2. The van der Waals surface area contributed by atoms with Crippen molar-refractivity contribution in [2.45, 2.75) is 143 Å². The number of rotatable bonds is 22. The second-order valence-electron chi connectivity index (χ2n) is 16.9. The summed E-state index contributed by atoms with van der Waals surface area (Å²) in [5.41, 5.74) is 11.5. The summed E-state index contributed by atoms with van der Waals surface area (Å²) in [6, 6.07) is -2.17. The molecular formula is C38H78N6O11P2. The van der Waals surface area contributed by atoms with Crippen LogP contribution in [-0.4, -0.2) is 124 Å². The van der Waals surface area contributed by atoms with Crippen molar-refractivity contribution in [1.29, 1.82) is 0 Å². The van der Waals surface area contributed by atoms with E-state index >= 15 is 0 Å². The van der Waals surface area contributed by atoms with Crippen molar-refractivity contribution >= 4 is 38.4 Å². The lowest BCUT2D eigenvalue weighted by atomic mass is 9.91. The molecule has 0 aromatic carbocycles. The summed E-state index contributed by atoms with van der Waals surface area (Å²) >= 11 is 0. The van der Waals surface area contributed by atoms with Crippen molar-refractivity contribution in [3.05, 3.63) is 0 Å². The van der Waals surface area contributed by atoms with E-state index < -0.39 is 68.7 Å². The zero-order valence-electron chi connectivity index (χ0n) is 35.3. The molecule has 0 radical (unpaired) electrons. The van der Waals surface area contributed by atoms with Crippen LogP contribution in [0.3, 0.4) is 0 Å². The second-order valence-corrected chi connectivity index (χ2v) is 21.8. The first-order valence-corrected chi connectivity index (χ1v) is 24.7. The van der Waals surface area contributed by atoms with E-state index in [2.05, 4.69) is 21.3 Å². The molecule has 2 saturated carbocycles. The predicted molar refractivity (Wildman–Crippen MR) is 224 cm³/mol. The highest BCUT2D eigenvalue weighted by Gasteiger charge is 2.32. The van der Waals surface area contributed by atoms with Gasteiger partial charge in [-0.1, -0.05) is 86.5 Å². The van der Waals surface area contributed by atoms with Gasteiger partial charge in [-0.3, -0.25) is 28.3 Å². The van der Waals surface area contributed by atoms with Gasteiger partial charge in [-0.15, -0.1) is 0 Å². The van der Waals surface area contributed by atoms with E-state index in [1.165, 1.54) is 12.8 Å². The van der Waals surface area contributed by atoms with Crippen molar-refractivity contribution in [2.24, 2.45) is 41.1 Å². The van der Waals surface area contributed by atoms with Gasteiger partial charge in [-0.2, -0.15) is 0 Å². The molecule has 57 heavy (non-hydrogen) atoms. The number of hydrogen-bond acceptors (Lipinski definition) is 10. The van der Waals surface area contributed by atoms with E-state index in [-0.39, 0.29) is 79.3 Å². The summed E-state index contributed by atoms with van der Waals surface area (Å²) in [7, 11) is -6.88. The van der Waals surface area contributed by atoms with Crippen LogP contribution in [0.15, 0.2) is 0 Å². The Hall–Kier alpha value is -1.94. The van der Waals surface area contributed by atoms with Crippen molar-refractivity contribution < 1.29 is 53.8 Å². The van der Waals surface area contributed by atoms with Gasteiger partial charge in [0.1, 0.15) is 6.04 Å². The summed E-state index contributed by atoms with van der Waals surface area (Å²) in [5, 5.41) is 30.4. The second kappa shape index (κ2) is 27.7. The number of amides is 4. The Morgan fingerprint density at radius 2 is 1.05 bits per heavy atom. The molecule has 14 N–H and O–H groups in total. The van der Waals surface area contributed by atoms with Gasteiger partial charge in [0.2, 0.25) is 38.4 Å². The third-order valence-electron chi connectivity index (χ3n) is 10.8. The molecule has 2 fully saturated rings. The summed E-state index contributed by atoms with van der Waals surface area (Å²) in [5.74, 6) is -1.44. The van der Waals surface area contributed by atoms with E-state index in [0.717, 1.165) is 51.4 Å². The monoisotopic (exact) mass is 857 g/mol. The summed E-state index contributed by atoms with van der Waals surface area (Å²) < 4.78 is 24.8. The van der Waals surface area contributed by atoms with Crippen LogP contribution in [0.2, 0.25) is 0 Å². The van der Waals surface area contributed by atoms with Gasteiger partial charge >= 0.3 is 0 Å². The summed E-state index contributed by atoms with van der Waals surface area (Å²) in [4.78, 5) is 68.7. The van der Waals surface area contributed by atoms with Crippen LogP contribution in [0.1, 0.15) is 112 Å². The van der Waals surface area contributed by atoms with Crippen LogP contribution >= 0.6 is 14.7 Å². The highest BCUT2D eigenvalue weighted by atomic mass is 31.2. The molecular weight excluding hydrogens is 778 g/mol. The van der Waals surface area contributed by atoms with Gasteiger partial charge in [-0.25, -0.2) is 0 Å². The van der Waals surface area contributed by atoms with Crippen LogP contribution < -0.4 is 32.7 Å². The predicted octanol–water partition coefficient (Wildman–Crippen LogP) is 1.42. The minimum absolute atomic E-state index is 0. The lowest BCUT2D eigenvalue weighted by Gasteiger charge is -2.27. The Bertz CT molecular complexity index is 1300. The smallest absolute Gasteiger partial charge is 0.242 e. The first-order valence-electron chi connectivity index (χ1n) is 20.7. The molecule has 0 aromatic rings. The molecule has 8 atom stereocenters. The fourth-order valence-electron chi connectivity index (χ4n) is 6.95. The molecule has 8 unspecified atom stereocenters. The van der Waals surface area contributed by atoms with E-state index in [9.17, 15) is 48.3 Å². The number of hydrogen-bond donors (Lipinski definition) is 10.